The van der Waals surface area contributed by atoms with E-state index in [4.69, 9.17) is 16.3 Å². The summed E-state index contributed by atoms with van der Waals surface area (Å²) < 4.78 is 7.26. The van der Waals surface area contributed by atoms with E-state index in [-0.39, 0.29) is 11.9 Å². The Morgan fingerprint density at radius 3 is 2.79 bits per heavy atom. The van der Waals surface area contributed by atoms with E-state index < -0.39 is 0 Å². The van der Waals surface area contributed by atoms with E-state index in [9.17, 15) is 4.79 Å². The summed E-state index contributed by atoms with van der Waals surface area (Å²) in [5.74, 6) is 0.00161. The van der Waals surface area contributed by atoms with Crippen LogP contribution in [0.3, 0.4) is 0 Å². The number of nitrogens with one attached hydrogen (secondary N) is 1. The molecule has 0 spiro atoms. The summed E-state index contributed by atoms with van der Waals surface area (Å²) in [5.41, 5.74) is 1.72. The Balaban J connectivity index is 1.30. The second-order valence-corrected chi connectivity index (χ2v) is 9.16. The average Bonchev–Trinajstić information content (AvgIpc) is 3.26. The molecule has 1 amide bonds. The van der Waals surface area contributed by atoms with Crippen LogP contribution in [-0.2, 0) is 4.74 Å². The number of nitrogens with zero attached hydrogens (tertiary/aromatic N) is 3. The number of carbonyl (C=O) groups excluding carboxylic acids is 1. The lowest BCUT2D eigenvalue weighted by molar-refractivity contribution is -0.00948. The van der Waals surface area contributed by atoms with Gasteiger partial charge in [-0.15, -0.1) is 11.3 Å². The molecule has 1 aliphatic heterocycles. The Morgan fingerprint density at radius 2 is 2.03 bits per heavy atom. The van der Waals surface area contributed by atoms with Crippen LogP contribution < -0.4 is 5.32 Å². The first-order chi connectivity index (χ1) is 14.1. The molecular formula is C21H23ClN4O2S. The number of aryl methyl sites for hydroxylation is 1. The molecule has 0 bridgehead atoms. The van der Waals surface area contributed by atoms with Crippen LogP contribution in [0.1, 0.15) is 28.2 Å². The highest BCUT2D eigenvalue weighted by atomic mass is 35.5. The topological polar surface area (TPSA) is 59.4 Å². The number of halogens is 1. The molecular weight excluding hydrogens is 408 g/mol. The first-order valence-electron chi connectivity index (χ1n) is 9.97. The van der Waals surface area contributed by atoms with E-state index in [1.54, 1.807) is 0 Å². The smallest absolute Gasteiger partial charge is 0.261 e. The fourth-order valence-electron chi connectivity index (χ4n) is 4.15. The predicted molar refractivity (Wildman–Crippen MR) is 115 cm³/mol. The zero-order valence-electron chi connectivity index (χ0n) is 16.2. The number of rotatable bonds is 4. The van der Waals surface area contributed by atoms with Gasteiger partial charge in [0.15, 0.2) is 0 Å². The van der Waals surface area contributed by atoms with E-state index >= 15 is 0 Å². The standard InChI is InChI=1S/C21H23ClN4O2S/c1-13-16-12-19(29-21(16)26(24-13)18-5-3-2-4-17(18)22)20(27)23-14-10-15(11-14)25-6-8-28-9-7-25/h2-5,12,14-15H,6-11H2,1H3,(H,23,27). The fraction of sp³-hybridized carbons (Fsp3) is 0.429. The normalized spacial score (nSPS) is 22.6. The minimum absolute atomic E-state index is 0.00161. The van der Waals surface area contributed by atoms with Gasteiger partial charge in [-0.25, -0.2) is 4.68 Å². The second kappa shape index (κ2) is 7.72. The Morgan fingerprint density at radius 1 is 1.28 bits per heavy atom. The van der Waals surface area contributed by atoms with Crippen molar-refractivity contribution >= 4 is 39.1 Å². The van der Waals surface area contributed by atoms with Crippen molar-refractivity contribution in [2.45, 2.75) is 31.8 Å². The van der Waals surface area contributed by atoms with Crippen molar-refractivity contribution in [1.82, 2.24) is 20.0 Å². The van der Waals surface area contributed by atoms with Gasteiger partial charge in [0, 0.05) is 30.6 Å². The van der Waals surface area contributed by atoms with Gasteiger partial charge >= 0.3 is 0 Å². The van der Waals surface area contributed by atoms with Crippen molar-refractivity contribution < 1.29 is 9.53 Å². The van der Waals surface area contributed by atoms with Crippen LogP contribution in [0.2, 0.25) is 5.02 Å². The summed E-state index contributed by atoms with van der Waals surface area (Å²) in [6.45, 7) is 5.59. The summed E-state index contributed by atoms with van der Waals surface area (Å²) in [6.07, 6.45) is 2.03. The molecule has 0 radical (unpaired) electrons. The Bertz CT molecular complexity index is 1050. The molecule has 152 valence electrons. The first-order valence-corrected chi connectivity index (χ1v) is 11.2. The maximum atomic E-state index is 12.8. The molecule has 3 heterocycles. The number of amides is 1. The van der Waals surface area contributed by atoms with Crippen LogP contribution in [0.15, 0.2) is 30.3 Å². The number of fused-ring (bicyclic) bond motifs is 1. The molecule has 3 aromatic rings. The molecule has 1 saturated carbocycles. The summed E-state index contributed by atoms with van der Waals surface area (Å²) in [7, 11) is 0. The highest BCUT2D eigenvalue weighted by molar-refractivity contribution is 7.20. The number of hydrogen-bond acceptors (Lipinski definition) is 5. The Kier molecular flexibility index (Phi) is 5.07. The zero-order chi connectivity index (χ0) is 20.0. The average molecular weight is 431 g/mol. The summed E-state index contributed by atoms with van der Waals surface area (Å²) >= 11 is 7.83. The van der Waals surface area contributed by atoms with Crippen molar-refractivity contribution in [1.29, 1.82) is 0 Å². The SMILES string of the molecule is Cc1nn(-c2ccccc2Cl)c2sc(C(=O)NC3CC(N4CCOCC4)C3)cc12. The lowest BCUT2D eigenvalue weighted by Crippen LogP contribution is -2.56. The number of benzene rings is 1. The van der Waals surface area contributed by atoms with Crippen molar-refractivity contribution in [2.75, 3.05) is 26.3 Å². The van der Waals surface area contributed by atoms with Crippen LogP contribution in [0, 0.1) is 6.92 Å². The molecule has 1 aliphatic carbocycles. The number of morpholine rings is 1. The van der Waals surface area contributed by atoms with Gasteiger partial charge in [-0.3, -0.25) is 9.69 Å². The van der Waals surface area contributed by atoms with Crippen molar-refractivity contribution in [3.63, 3.8) is 0 Å². The van der Waals surface area contributed by atoms with E-state index in [1.165, 1.54) is 11.3 Å². The molecule has 8 heteroatoms. The minimum atomic E-state index is 0.00161. The lowest BCUT2D eigenvalue weighted by Gasteiger charge is -2.44. The molecule has 29 heavy (non-hydrogen) atoms. The van der Waals surface area contributed by atoms with Crippen LogP contribution in [0.5, 0.6) is 0 Å². The maximum absolute atomic E-state index is 12.8. The molecule has 2 fully saturated rings. The second-order valence-electron chi connectivity index (χ2n) is 7.72. The largest absolute Gasteiger partial charge is 0.379 e. The molecule has 2 aliphatic rings. The van der Waals surface area contributed by atoms with Gasteiger partial charge in [0.1, 0.15) is 4.83 Å². The molecule has 0 unspecified atom stereocenters. The monoisotopic (exact) mass is 430 g/mol. The van der Waals surface area contributed by atoms with Crippen LogP contribution >= 0.6 is 22.9 Å². The van der Waals surface area contributed by atoms with Crippen molar-refractivity contribution in [3.8, 4) is 5.69 Å². The summed E-state index contributed by atoms with van der Waals surface area (Å²) in [5, 5.41) is 9.47. The van der Waals surface area contributed by atoms with Gasteiger partial charge in [-0.2, -0.15) is 5.10 Å². The van der Waals surface area contributed by atoms with Gasteiger partial charge < -0.3 is 10.1 Å². The van der Waals surface area contributed by atoms with Gasteiger partial charge in [0.05, 0.1) is 34.5 Å². The van der Waals surface area contributed by atoms with Gasteiger partial charge in [-0.1, -0.05) is 23.7 Å². The third-order valence-electron chi connectivity index (χ3n) is 5.86. The number of aromatic nitrogens is 2. The van der Waals surface area contributed by atoms with Crippen molar-refractivity contribution in [2.24, 2.45) is 0 Å². The van der Waals surface area contributed by atoms with Gasteiger partial charge in [0.25, 0.3) is 5.91 Å². The van der Waals surface area contributed by atoms with Crippen LogP contribution in [-0.4, -0.2) is 59.0 Å². The Hall–Kier alpha value is -1.93. The lowest BCUT2D eigenvalue weighted by atomic mass is 9.85. The molecule has 5 rings (SSSR count). The van der Waals surface area contributed by atoms with E-state index in [0.717, 1.165) is 65.6 Å². The number of hydrogen-bond donors (Lipinski definition) is 1. The van der Waals surface area contributed by atoms with Crippen LogP contribution in [0.4, 0.5) is 0 Å². The fourth-order valence-corrected chi connectivity index (χ4v) is 5.44. The third kappa shape index (κ3) is 3.57. The third-order valence-corrected chi connectivity index (χ3v) is 7.29. The van der Waals surface area contributed by atoms with Gasteiger partial charge in [-0.05, 0) is 38.0 Å². The molecule has 1 N–H and O–H groups in total. The summed E-state index contributed by atoms with van der Waals surface area (Å²) in [4.78, 5) is 17.0. The first kappa shape index (κ1) is 19.1. The highest BCUT2D eigenvalue weighted by Gasteiger charge is 2.35. The van der Waals surface area contributed by atoms with Gasteiger partial charge in [0.2, 0.25) is 0 Å². The minimum Gasteiger partial charge on any atom is -0.379 e. The Labute approximate surface area is 178 Å². The molecule has 0 atom stereocenters. The summed E-state index contributed by atoms with van der Waals surface area (Å²) in [6, 6.07) is 10.4. The molecule has 6 nitrogen and oxygen atoms in total. The number of carbonyl (C=O) groups is 1. The zero-order valence-corrected chi connectivity index (χ0v) is 17.8. The number of para-hydroxylation sites is 1. The number of ether oxygens (including phenoxy) is 1. The molecule has 1 saturated heterocycles. The highest BCUT2D eigenvalue weighted by Crippen LogP contribution is 2.33. The quantitative estimate of drug-likeness (QED) is 0.686. The molecule has 1 aromatic carbocycles. The van der Waals surface area contributed by atoms with E-state index in [2.05, 4.69) is 15.3 Å². The van der Waals surface area contributed by atoms with E-state index in [0.29, 0.717) is 11.1 Å². The molecule has 2 aromatic heterocycles. The maximum Gasteiger partial charge on any atom is 0.261 e. The number of thiophene rings is 1. The predicted octanol–water partition coefficient (Wildman–Crippen LogP) is 3.64. The van der Waals surface area contributed by atoms with Crippen molar-refractivity contribution in [3.05, 3.63) is 45.9 Å². The van der Waals surface area contributed by atoms with E-state index in [1.807, 2.05) is 41.9 Å². The van der Waals surface area contributed by atoms with Crippen LogP contribution in [0.25, 0.3) is 15.9 Å².